The first-order valence-corrected chi connectivity index (χ1v) is 10.4. The van der Waals surface area contributed by atoms with Crippen molar-refractivity contribution in [1.29, 1.82) is 0 Å². The molecule has 4 rings (SSSR count). The fraction of sp³-hybridized carbons (Fsp3) is 0.286. The minimum Gasteiger partial charge on any atom is -0.358 e. The number of benzene rings is 2. The van der Waals surface area contributed by atoms with E-state index in [4.69, 9.17) is 38.3 Å². The minimum absolute atomic E-state index is 0.151. The number of benzodiazepines with no additional fused rings is 1. The van der Waals surface area contributed by atoms with Crippen LogP contribution in [0.4, 0.5) is 5.69 Å². The molecule has 2 aliphatic rings. The SMILES string of the molecule is C[NH+]1C(=O)C(NC(=S)NCC2OCCO2)N=C(c2ccccc2)c2cc(Cl)ccc21. The van der Waals surface area contributed by atoms with Crippen LogP contribution < -0.4 is 15.5 Å². The smallest absolute Gasteiger partial charge is 0.358 e. The molecule has 1 amide bonds. The first-order chi connectivity index (χ1) is 14.5. The Labute approximate surface area is 185 Å². The molecule has 2 aliphatic heterocycles. The monoisotopic (exact) mass is 445 g/mol. The molecule has 0 spiro atoms. The zero-order valence-corrected chi connectivity index (χ0v) is 17.9. The van der Waals surface area contributed by atoms with E-state index < -0.39 is 6.17 Å². The number of nitrogens with one attached hydrogen (secondary N) is 3. The number of carbonyl (C=O) groups is 1. The van der Waals surface area contributed by atoms with Gasteiger partial charge in [0.1, 0.15) is 5.69 Å². The van der Waals surface area contributed by atoms with E-state index in [1.807, 2.05) is 42.5 Å². The lowest BCUT2D eigenvalue weighted by atomic mass is 10.0. The molecule has 2 atom stereocenters. The van der Waals surface area contributed by atoms with Gasteiger partial charge in [0.05, 0.1) is 38.1 Å². The Kier molecular flexibility index (Phi) is 6.40. The molecule has 2 aromatic carbocycles. The Morgan fingerprint density at radius 3 is 2.70 bits per heavy atom. The summed E-state index contributed by atoms with van der Waals surface area (Å²) in [5, 5.41) is 6.95. The van der Waals surface area contributed by atoms with Crippen LogP contribution in [0.15, 0.2) is 53.5 Å². The molecule has 9 heteroatoms. The lowest BCUT2D eigenvalue weighted by Crippen LogP contribution is -3.08. The number of hydrogen-bond acceptors (Lipinski definition) is 5. The van der Waals surface area contributed by atoms with Gasteiger partial charge in [0.25, 0.3) is 0 Å². The van der Waals surface area contributed by atoms with Crippen LogP contribution in [0.25, 0.3) is 0 Å². The molecule has 0 aliphatic carbocycles. The number of hydrogen-bond donors (Lipinski definition) is 3. The molecule has 2 heterocycles. The molecule has 2 aromatic rings. The molecule has 0 radical (unpaired) electrons. The number of halogens is 1. The van der Waals surface area contributed by atoms with Gasteiger partial charge in [-0.15, -0.1) is 0 Å². The zero-order chi connectivity index (χ0) is 21.1. The third-order valence-electron chi connectivity index (χ3n) is 4.95. The molecule has 30 heavy (non-hydrogen) atoms. The lowest BCUT2D eigenvalue weighted by Gasteiger charge is -2.18. The molecule has 1 fully saturated rings. The van der Waals surface area contributed by atoms with Gasteiger partial charge in [-0.2, -0.15) is 0 Å². The average Bonchev–Trinajstić information content (AvgIpc) is 3.25. The Bertz CT molecular complexity index is 979. The second-order valence-corrected chi connectivity index (χ2v) is 7.80. The summed E-state index contributed by atoms with van der Waals surface area (Å²) in [5.41, 5.74) is 3.20. The maximum absolute atomic E-state index is 13.2. The van der Waals surface area contributed by atoms with E-state index in [9.17, 15) is 4.79 Å². The van der Waals surface area contributed by atoms with Crippen molar-refractivity contribution in [2.75, 3.05) is 26.8 Å². The molecular formula is C21H22ClN4O3S+. The molecule has 2 unspecified atom stereocenters. The van der Waals surface area contributed by atoms with E-state index in [0.29, 0.717) is 40.5 Å². The molecule has 0 saturated carbocycles. The number of aliphatic imine (C=N–C) groups is 1. The average molecular weight is 446 g/mol. The number of likely N-dealkylation sites (N-methyl/N-ethyl adjacent to an activating group) is 1. The zero-order valence-electron chi connectivity index (χ0n) is 16.4. The van der Waals surface area contributed by atoms with Crippen LogP contribution in [0.3, 0.4) is 0 Å². The second kappa shape index (κ2) is 9.20. The van der Waals surface area contributed by atoms with E-state index in [2.05, 4.69) is 10.6 Å². The Balaban J connectivity index is 1.64. The van der Waals surface area contributed by atoms with Gasteiger partial charge >= 0.3 is 5.91 Å². The molecule has 0 bridgehead atoms. The van der Waals surface area contributed by atoms with Crippen molar-refractivity contribution < 1.29 is 19.2 Å². The van der Waals surface area contributed by atoms with Crippen molar-refractivity contribution in [3.8, 4) is 0 Å². The van der Waals surface area contributed by atoms with Crippen molar-refractivity contribution in [3.05, 3.63) is 64.7 Å². The van der Waals surface area contributed by atoms with Gasteiger partial charge in [0.2, 0.25) is 6.17 Å². The fourth-order valence-corrected chi connectivity index (χ4v) is 3.80. The first-order valence-electron chi connectivity index (χ1n) is 9.62. The van der Waals surface area contributed by atoms with Crippen LogP contribution in [-0.2, 0) is 14.3 Å². The van der Waals surface area contributed by atoms with Gasteiger partial charge in [0.15, 0.2) is 11.4 Å². The molecular weight excluding hydrogens is 424 g/mol. The second-order valence-electron chi connectivity index (χ2n) is 6.95. The summed E-state index contributed by atoms with van der Waals surface area (Å²) in [6.45, 7) is 1.52. The van der Waals surface area contributed by atoms with E-state index >= 15 is 0 Å². The maximum atomic E-state index is 13.2. The van der Waals surface area contributed by atoms with Gasteiger partial charge in [-0.05, 0) is 24.4 Å². The van der Waals surface area contributed by atoms with Crippen LogP contribution in [0.5, 0.6) is 0 Å². The molecule has 156 valence electrons. The molecule has 0 aromatic heterocycles. The number of carbonyl (C=O) groups excluding carboxylic acids is 1. The van der Waals surface area contributed by atoms with Crippen LogP contribution in [-0.4, -0.2) is 56.0 Å². The number of rotatable bonds is 4. The van der Waals surface area contributed by atoms with Crippen molar-refractivity contribution in [2.24, 2.45) is 4.99 Å². The third kappa shape index (κ3) is 4.53. The highest BCUT2D eigenvalue weighted by molar-refractivity contribution is 7.80. The predicted molar refractivity (Wildman–Crippen MR) is 118 cm³/mol. The van der Waals surface area contributed by atoms with Crippen LogP contribution >= 0.6 is 23.8 Å². The predicted octanol–water partition coefficient (Wildman–Crippen LogP) is 1.03. The standard InChI is InChI=1S/C21H21ClN4O3S/c1-26-16-8-7-14(22)11-15(16)18(13-5-3-2-4-6-13)24-19(20(26)27)25-21(30)23-12-17-28-9-10-29-17/h2-8,11,17,19H,9-10,12H2,1H3,(H2,23,25,30)/p+1. The van der Waals surface area contributed by atoms with E-state index in [-0.39, 0.29) is 12.2 Å². The lowest BCUT2D eigenvalue weighted by molar-refractivity contribution is -0.725. The Morgan fingerprint density at radius 1 is 1.23 bits per heavy atom. The number of ether oxygens (including phenoxy) is 2. The van der Waals surface area contributed by atoms with Crippen LogP contribution in [0.1, 0.15) is 11.1 Å². The van der Waals surface area contributed by atoms with Crippen LogP contribution in [0.2, 0.25) is 5.02 Å². The summed E-state index contributed by atoms with van der Waals surface area (Å²) in [4.78, 5) is 18.6. The van der Waals surface area contributed by atoms with Crippen LogP contribution in [0, 0.1) is 0 Å². The topological polar surface area (TPSA) is 76.4 Å². The highest BCUT2D eigenvalue weighted by Crippen LogP contribution is 2.24. The number of fused-ring (bicyclic) bond motifs is 1. The quantitative estimate of drug-likeness (QED) is 0.610. The summed E-state index contributed by atoms with van der Waals surface area (Å²) in [6, 6.07) is 15.2. The van der Waals surface area contributed by atoms with Gasteiger partial charge in [-0.1, -0.05) is 41.9 Å². The summed E-state index contributed by atoms with van der Waals surface area (Å²) >= 11 is 11.7. The van der Waals surface area contributed by atoms with E-state index in [0.717, 1.165) is 16.8 Å². The van der Waals surface area contributed by atoms with Crippen molar-refractivity contribution >= 4 is 46.2 Å². The normalized spacial score (nSPS) is 21.5. The molecule has 1 saturated heterocycles. The van der Waals surface area contributed by atoms with Gasteiger partial charge < -0.3 is 20.1 Å². The third-order valence-corrected chi connectivity index (χ3v) is 5.45. The number of nitrogens with zero attached hydrogens (tertiary/aromatic N) is 1. The fourth-order valence-electron chi connectivity index (χ4n) is 3.43. The first kappa shape index (κ1) is 20.9. The van der Waals surface area contributed by atoms with Crippen molar-refractivity contribution in [2.45, 2.75) is 12.5 Å². The van der Waals surface area contributed by atoms with Crippen molar-refractivity contribution in [3.63, 3.8) is 0 Å². The highest BCUT2D eigenvalue weighted by atomic mass is 35.5. The number of thiocarbonyl (C=S) groups is 1. The highest BCUT2D eigenvalue weighted by Gasteiger charge is 2.35. The van der Waals surface area contributed by atoms with Gasteiger partial charge in [-0.25, -0.2) is 14.7 Å². The largest absolute Gasteiger partial charge is 0.361 e. The summed E-state index contributed by atoms with van der Waals surface area (Å²) in [7, 11) is 1.80. The maximum Gasteiger partial charge on any atom is 0.361 e. The Hall–Kier alpha value is -2.36. The van der Waals surface area contributed by atoms with E-state index in [1.54, 1.807) is 13.1 Å². The Morgan fingerprint density at radius 2 is 1.97 bits per heavy atom. The van der Waals surface area contributed by atoms with E-state index in [1.165, 1.54) is 0 Å². The summed E-state index contributed by atoms with van der Waals surface area (Å²) < 4.78 is 10.8. The number of quaternary nitrogens is 1. The van der Waals surface area contributed by atoms with Crippen molar-refractivity contribution in [1.82, 2.24) is 10.6 Å². The minimum atomic E-state index is -0.864. The summed E-state index contributed by atoms with van der Waals surface area (Å²) in [5.74, 6) is -0.151. The van der Waals surface area contributed by atoms with Gasteiger partial charge in [0, 0.05) is 16.7 Å². The molecule has 3 N–H and O–H groups in total. The summed E-state index contributed by atoms with van der Waals surface area (Å²) in [6.07, 6.45) is -1.21. The molecule has 7 nitrogen and oxygen atoms in total. The number of amides is 1. The van der Waals surface area contributed by atoms with Gasteiger partial charge in [-0.3, -0.25) is 0 Å².